The predicted molar refractivity (Wildman–Crippen MR) is 104 cm³/mol. The van der Waals surface area contributed by atoms with Crippen molar-refractivity contribution in [3.8, 4) is 0 Å². The lowest BCUT2D eigenvalue weighted by Gasteiger charge is -2.12. The molecule has 7 heteroatoms. The molecule has 27 heavy (non-hydrogen) atoms. The number of anilines is 1. The smallest absolute Gasteiger partial charge is 0.261 e. The molecule has 1 amide bonds. The summed E-state index contributed by atoms with van der Waals surface area (Å²) in [4.78, 5) is 16.5. The SMILES string of the molecule is Cc1cc(C(=O)NCc2cccnc2)ccc1NS(=O)(=O)c1ccccc1. The molecule has 0 aliphatic rings. The number of carbonyl (C=O) groups excluding carboxylic acids is 1. The van der Waals surface area contributed by atoms with Gasteiger partial charge in [-0.05, 0) is 54.4 Å². The summed E-state index contributed by atoms with van der Waals surface area (Å²) in [5.41, 5.74) is 2.44. The van der Waals surface area contributed by atoms with E-state index in [1.807, 2.05) is 6.07 Å². The number of aryl methyl sites for hydroxylation is 1. The molecule has 0 aliphatic carbocycles. The molecule has 0 aliphatic heterocycles. The molecule has 2 aromatic carbocycles. The van der Waals surface area contributed by atoms with Crippen LogP contribution >= 0.6 is 0 Å². The van der Waals surface area contributed by atoms with E-state index in [0.29, 0.717) is 23.4 Å². The second kappa shape index (κ2) is 8.01. The van der Waals surface area contributed by atoms with Crippen molar-refractivity contribution in [3.05, 3.63) is 89.7 Å². The summed E-state index contributed by atoms with van der Waals surface area (Å²) in [6, 6.07) is 16.6. The Hall–Kier alpha value is -3.19. The summed E-state index contributed by atoms with van der Waals surface area (Å²) in [7, 11) is -3.67. The topological polar surface area (TPSA) is 88.2 Å². The van der Waals surface area contributed by atoms with Crippen LogP contribution in [0.5, 0.6) is 0 Å². The number of aromatic nitrogens is 1. The van der Waals surface area contributed by atoms with E-state index in [0.717, 1.165) is 5.56 Å². The van der Waals surface area contributed by atoms with Gasteiger partial charge < -0.3 is 5.32 Å². The van der Waals surface area contributed by atoms with Crippen molar-refractivity contribution >= 4 is 21.6 Å². The minimum Gasteiger partial charge on any atom is -0.348 e. The predicted octanol–water partition coefficient (Wildman–Crippen LogP) is 3.12. The molecule has 0 saturated carbocycles. The van der Waals surface area contributed by atoms with Crippen LogP contribution < -0.4 is 10.0 Å². The lowest BCUT2D eigenvalue weighted by molar-refractivity contribution is 0.0951. The normalized spacial score (nSPS) is 11.0. The van der Waals surface area contributed by atoms with Gasteiger partial charge in [-0.15, -0.1) is 0 Å². The van der Waals surface area contributed by atoms with E-state index in [-0.39, 0.29) is 10.8 Å². The second-order valence-corrected chi connectivity index (χ2v) is 7.67. The molecule has 0 saturated heterocycles. The third kappa shape index (κ3) is 4.71. The number of nitrogens with zero attached hydrogens (tertiary/aromatic N) is 1. The number of carbonyl (C=O) groups is 1. The monoisotopic (exact) mass is 381 g/mol. The highest BCUT2D eigenvalue weighted by molar-refractivity contribution is 7.92. The molecule has 3 rings (SSSR count). The number of hydrogen-bond acceptors (Lipinski definition) is 4. The highest BCUT2D eigenvalue weighted by Crippen LogP contribution is 2.21. The molecule has 0 fully saturated rings. The molecule has 3 aromatic rings. The molecule has 0 bridgehead atoms. The Kier molecular flexibility index (Phi) is 5.52. The van der Waals surface area contributed by atoms with E-state index in [9.17, 15) is 13.2 Å². The molecule has 1 heterocycles. The van der Waals surface area contributed by atoms with E-state index in [1.54, 1.807) is 61.8 Å². The first-order chi connectivity index (χ1) is 13.0. The third-order valence-electron chi connectivity index (χ3n) is 3.96. The van der Waals surface area contributed by atoms with Crippen molar-refractivity contribution in [1.29, 1.82) is 0 Å². The van der Waals surface area contributed by atoms with Gasteiger partial charge in [0.05, 0.1) is 10.6 Å². The van der Waals surface area contributed by atoms with Crippen LogP contribution in [0.25, 0.3) is 0 Å². The number of sulfonamides is 1. The van der Waals surface area contributed by atoms with E-state index in [4.69, 9.17) is 0 Å². The maximum atomic E-state index is 12.4. The van der Waals surface area contributed by atoms with Crippen LogP contribution in [0.1, 0.15) is 21.5 Å². The first kappa shape index (κ1) is 18.6. The lowest BCUT2D eigenvalue weighted by Crippen LogP contribution is -2.23. The summed E-state index contributed by atoms with van der Waals surface area (Å²) >= 11 is 0. The first-order valence-corrected chi connectivity index (χ1v) is 9.80. The molecule has 138 valence electrons. The molecular formula is C20H19N3O3S. The van der Waals surface area contributed by atoms with Crippen molar-refractivity contribution in [1.82, 2.24) is 10.3 Å². The van der Waals surface area contributed by atoms with Gasteiger partial charge in [-0.3, -0.25) is 14.5 Å². The molecule has 1 aromatic heterocycles. The fraction of sp³-hybridized carbons (Fsp3) is 0.100. The van der Waals surface area contributed by atoms with Crippen LogP contribution in [0.4, 0.5) is 5.69 Å². The maximum Gasteiger partial charge on any atom is 0.261 e. The third-order valence-corrected chi connectivity index (χ3v) is 5.34. The number of benzene rings is 2. The minimum atomic E-state index is -3.67. The van der Waals surface area contributed by atoms with Crippen LogP contribution in [0.3, 0.4) is 0 Å². The number of pyridine rings is 1. The van der Waals surface area contributed by atoms with Gasteiger partial charge in [-0.1, -0.05) is 24.3 Å². The van der Waals surface area contributed by atoms with Crippen molar-refractivity contribution < 1.29 is 13.2 Å². The van der Waals surface area contributed by atoms with Crippen LogP contribution in [0.15, 0.2) is 78.0 Å². The van der Waals surface area contributed by atoms with Crippen LogP contribution in [0.2, 0.25) is 0 Å². The minimum absolute atomic E-state index is 0.183. The van der Waals surface area contributed by atoms with Gasteiger partial charge in [0.15, 0.2) is 0 Å². The van der Waals surface area contributed by atoms with Gasteiger partial charge >= 0.3 is 0 Å². The molecule has 6 nitrogen and oxygen atoms in total. The van der Waals surface area contributed by atoms with Gasteiger partial charge in [0.2, 0.25) is 0 Å². The van der Waals surface area contributed by atoms with Crippen LogP contribution in [-0.4, -0.2) is 19.3 Å². The highest BCUT2D eigenvalue weighted by Gasteiger charge is 2.15. The molecule has 0 spiro atoms. The second-order valence-electron chi connectivity index (χ2n) is 5.99. The fourth-order valence-electron chi connectivity index (χ4n) is 2.51. The number of rotatable bonds is 6. The number of nitrogens with one attached hydrogen (secondary N) is 2. The number of amides is 1. The zero-order chi connectivity index (χ0) is 19.3. The molecule has 0 atom stereocenters. The average molecular weight is 381 g/mol. The Balaban J connectivity index is 1.71. The van der Waals surface area contributed by atoms with Gasteiger partial charge in [-0.2, -0.15) is 0 Å². The van der Waals surface area contributed by atoms with E-state index >= 15 is 0 Å². The van der Waals surface area contributed by atoms with E-state index in [1.165, 1.54) is 12.1 Å². The molecule has 0 radical (unpaired) electrons. The maximum absolute atomic E-state index is 12.4. The van der Waals surface area contributed by atoms with Gasteiger partial charge in [0, 0.05) is 24.5 Å². The van der Waals surface area contributed by atoms with E-state index in [2.05, 4.69) is 15.0 Å². The Bertz CT molecular complexity index is 1040. The van der Waals surface area contributed by atoms with Gasteiger partial charge in [-0.25, -0.2) is 8.42 Å². The average Bonchev–Trinajstić information content (AvgIpc) is 2.69. The summed E-state index contributed by atoms with van der Waals surface area (Å²) in [6.45, 7) is 2.12. The summed E-state index contributed by atoms with van der Waals surface area (Å²) in [5.74, 6) is -0.237. The standard InChI is InChI=1S/C20H19N3O3S/c1-15-12-17(20(24)22-14-16-6-5-11-21-13-16)9-10-19(15)23-27(25,26)18-7-3-2-4-8-18/h2-13,23H,14H2,1H3,(H,22,24). The Morgan fingerprint density at radius 1 is 1.04 bits per heavy atom. The van der Waals surface area contributed by atoms with Crippen molar-refractivity contribution in [3.63, 3.8) is 0 Å². The number of hydrogen-bond donors (Lipinski definition) is 2. The molecule has 2 N–H and O–H groups in total. The van der Waals surface area contributed by atoms with Crippen LogP contribution in [-0.2, 0) is 16.6 Å². The van der Waals surface area contributed by atoms with Crippen molar-refractivity contribution in [2.75, 3.05) is 4.72 Å². The van der Waals surface area contributed by atoms with Crippen LogP contribution in [0, 0.1) is 6.92 Å². The van der Waals surface area contributed by atoms with E-state index < -0.39 is 10.0 Å². The fourth-order valence-corrected chi connectivity index (χ4v) is 3.66. The van der Waals surface area contributed by atoms with Crippen molar-refractivity contribution in [2.45, 2.75) is 18.4 Å². The Morgan fingerprint density at radius 3 is 2.48 bits per heavy atom. The first-order valence-electron chi connectivity index (χ1n) is 8.31. The van der Waals surface area contributed by atoms with Crippen molar-refractivity contribution in [2.24, 2.45) is 0 Å². The zero-order valence-electron chi connectivity index (χ0n) is 14.7. The van der Waals surface area contributed by atoms with Gasteiger partial charge in [0.25, 0.3) is 15.9 Å². The molecule has 0 unspecified atom stereocenters. The zero-order valence-corrected chi connectivity index (χ0v) is 15.5. The summed E-state index contributed by atoms with van der Waals surface area (Å²) < 4.78 is 27.4. The Morgan fingerprint density at radius 2 is 1.81 bits per heavy atom. The highest BCUT2D eigenvalue weighted by atomic mass is 32.2. The lowest BCUT2D eigenvalue weighted by atomic mass is 10.1. The Labute approximate surface area is 158 Å². The summed E-state index contributed by atoms with van der Waals surface area (Å²) in [6.07, 6.45) is 3.36. The molecular weight excluding hydrogens is 362 g/mol. The summed E-state index contributed by atoms with van der Waals surface area (Å²) in [5, 5.41) is 2.82. The largest absolute Gasteiger partial charge is 0.348 e. The quantitative estimate of drug-likeness (QED) is 0.687. The van der Waals surface area contributed by atoms with Gasteiger partial charge in [0.1, 0.15) is 0 Å².